The Balaban J connectivity index is 2.39. The summed E-state index contributed by atoms with van der Waals surface area (Å²) in [4.78, 5) is 0. The topological polar surface area (TPSA) is 40.5 Å². The summed E-state index contributed by atoms with van der Waals surface area (Å²) in [6.07, 6.45) is 3.00. The molecule has 0 saturated carbocycles. The van der Waals surface area contributed by atoms with Gasteiger partial charge in [-0.05, 0) is 29.7 Å². The average molecular weight is 290 g/mol. The van der Waals surface area contributed by atoms with Gasteiger partial charge in [-0.1, -0.05) is 38.1 Å². The van der Waals surface area contributed by atoms with Crippen molar-refractivity contribution in [2.75, 3.05) is 0 Å². The van der Waals surface area contributed by atoms with Gasteiger partial charge < -0.3 is 10.2 Å². The molecule has 0 aliphatic rings. The second kappa shape index (κ2) is 5.95. The summed E-state index contributed by atoms with van der Waals surface area (Å²) in [6, 6.07) is 6.96. The highest BCUT2D eigenvalue weighted by Gasteiger charge is 2.18. The van der Waals surface area contributed by atoms with Gasteiger partial charge in [0.05, 0.1) is 0 Å². The van der Waals surface area contributed by atoms with Crippen LogP contribution >= 0.6 is 0 Å². The summed E-state index contributed by atoms with van der Waals surface area (Å²) < 4.78 is 26.9. The van der Waals surface area contributed by atoms with Crippen LogP contribution < -0.4 is 0 Å². The van der Waals surface area contributed by atoms with E-state index in [4.69, 9.17) is 0 Å². The van der Waals surface area contributed by atoms with Crippen LogP contribution in [0.5, 0.6) is 11.5 Å². The first-order valence-corrected chi connectivity index (χ1v) is 6.58. The molecule has 0 aromatic heterocycles. The third kappa shape index (κ3) is 3.21. The first-order chi connectivity index (χ1) is 9.90. The first-order valence-electron chi connectivity index (χ1n) is 6.58. The molecular formula is C17H16F2O2. The molecule has 0 unspecified atom stereocenters. The average Bonchev–Trinajstić information content (AvgIpc) is 2.42. The number of phenols is 2. The standard InChI is InChI=1S/C17H16F2O2/c1-10(2)15-14(20)9-12(16(19)17(15)21)6-3-11-4-7-13(18)8-5-11/h3-10,20-21H,1-2H3. The maximum atomic E-state index is 14.1. The third-order valence-electron chi connectivity index (χ3n) is 3.19. The molecule has 0 amide bonds. The van der Waals surface area contributed by atoms with E-state index in [9.17, 15) is 19.0 Å². The molecular weight excluding hydrogens is 274 g/mol. The molecule has 0 radical (unpaired) electrons. The normalized spacial score (nSPS) is 11.5. The van der Waals surface area contributed by atoms with Crippen molar-refractivity contribution in [1.82, 2.24) is 0 Å². The minimum atomic E-state index is -0.783. The number of phenolic OH excluding ortho intramolecular Hbond substituents is 2. The molecule has 0 heterocycles. The van der Waals surface area contributed by atoms with Crippen molar-refractivity contribution in [2.45, 2.75) is 19.8 Å². The van der Waals surface area contributed by atoms with E-state index in [1.807, 2.05) is 0 Å². The predicted molar refractivity (Wildman–Crippen MR) is 79.1 cm³/mol. The smallest absolute Gasteiger partial charge is 0.172 e. The van der Waals surface area contributed by atoms with Crippen LogP contribution in [-0.4, -0.2) is 10.2 Å². The Morgan fingerprint density at radius 1 is 1.00 bits per heavy atom. The Labute approximate surface area is 122 Å². The predicted octanol–water partition coefficient (Wildman–Crippen LogP) is 4.67. The number of hydrogen-bond acceptors (Lipinski definition) is 2. The van der Waals surface area contributed by atoms with Gasteiger partial charge in [0.15, 0.2) is 11.6 Å². The fraction of sp³-hybridized carbons (Fsp3) is 0.176. The lowest BCUT2D eigenvalue weighted by Crippen LogP contribution is -1.94. The van der Waals surface area contributed by atoms with Gasteiger partial charge in [-0.2, -0.15) is 0 Å². The van der Waals surface area contributed by atoms with E-state index >= 15 is 0 Å². The lowest BCUT2D eigenvalue weighted by atomic mass is 9.98. The molecule has 110 valence electrons. The molecule has 2 aromatic carbocycles. The zero-order valence-corrected chi connectivity index (χ0v) is 11.8. The van der Waals surface area contributed by atoms with Crippen LogP contribution in [0.2, 0.25) is 0 Å². The molecule has 0 spiro atoms. The van der Waals surface area contributed by atoms with Crippen molar-refractivity contribution in [3.8, 4) is 11.5 Å². The lowest BCUT2D eigenvalue weighted by molar-refractivity contribution is 0.404. The Hall–Kier alpha value is -2.36. The molecule has 0 atom stereocenters. The molecule has 0 bridgehead atoms. The third-order valence-corrected chi connectivity index (χ3v) is 3.19. The van der Waals surface area contributed by atoms with Gasteiger partial charge in [0, 0.05) is 11.1 Å². The van der Waals surface area contributed by atoms with Crippen LogP contribution in [-0.2, 0) is 0 Å². The SMILES string of the molecule is CC(C)c1c(O)cc(C=Cc2ccc(F)cc2)c(F)c1O. The number of halogens is 2. The van der Waals surface area contributed by atoms with E-state index in [1.54, 1.807) is 32.1 Å². The molecule has 2 N–H and O–H groups in total. The monoisotopic (exact) mass is 290 g/mol. The fourth-order valence-corrected chi connectivity index (χ4v) is 2.12. The second-order valence-corrected chi connectivity index (χ2v) is 5.10. The van der Waals surface area contributed by atoms with Crippen LogP contribution in [0, 0.1) is 11.6 Å². The molecule has 2 nitrogen and oxygen atoms in total. The van der Waals surface area contributed by atoms with E-state index in [0.717, 1.165) is 0 Å². The molecule has 4 heteroatoms. The van der Waals surface area contributed by atoms with E-state index in [2.05, 4.69) is 0 Å². The minimum Gasteiger partial charge on any atom is -0.507 e. The maximum absolute atomic E-state index is 14.1. The summed E-state index contributed by atoms with van der Waals surface area (Å²) in [6.45, 7) is 3.50. The second-order valence-electron chi connectivity index (χ2n) is 5.10. The summed E-state index contributed by atoms with van der Waals surface area (Å²) in [5, 5.41) is 19.7. The highest BCUT2D eigenvalue weighted by atomic mass is 19.1. The summed E-state index contributed by atoms with van der Waals surface area (Å²) in [5.74, 6) is -2.02. The van der Waals surface area contributed by atoms with Gasteiger partial charge in [0.1, 0.15) is 11.6 Å². The van der Waals surface area contributed by atoms with E-state index in [0.29, 0.717) is 5.56 Å². The van der Waals surface area contributed by atoms with Crippen LogP contribution in [0.3, 0.4) is 0 Å². The minimum absolute atomic E-state index is 0.0683. The lowest BCUT2D eigenvalue weighted by Gasteiger charge is -2.13. The number of hydrogen-bond donors (Lipinski definition) is 2. The quantitative estimate of drug-likeness (QED) is 0.806. The van der Waals surface area contributed by atoms with E-state index in [-0.39, 0.29) is 28.6 Å². The van der Waals surface area contributed by atoms with Gasteiger partial charge >= 0.3 is 0 Å². The zero-order valence-electron chi connectivity index (χ0n) is 11.8. The fourth-order valence-electron chi connectivity index (χ4n) is 2.12. The first kappa shape index (κ1) is 15.0. The molecule has 0 aliphatic heterocycles. The van der Waals surface area contributed by atoms with Crippen LogP contribution in [0.1, 0.15) is 36.5 Å². The molecule has 0 aliphatic carbocycles. The molecule has 21 heavy (non-hydrogen) atoms. The zero-order chi connectivity index (χ0) is 15.6. The Morgan fingerprint density at radius 2 is 1.62 bits per heavy atom. The Bertz CT molecular complexity index is 674. The molecule has 0 saturated heterocycles. The van der Waals surface area contributed by atoms with E-state index in [1.165, 1.54) is 24.3 Å². The van der Waals surface area contributed by atoms with Gasteiger partial charge in [0.2, 0.25) is 0 Å². The van der Waals surface area contributed by atoms with Crippen LogP contribution in [0.4, 0.5) is 8.78 Å². The highest BCUT2D eigenvalue weighted by molar-refractivity contribution is 5.72. The number of aromatic hydroxyl groups is 2. The van der Waals surface area contributed by atoms with Crippen molar-refractivity contribution < 1.29 is 19.0 Å². The molecule has 2 aromatic rings. The van der Waals surface area contributed by atoms with Gasteiger partial charge in [0.25, 0.3) is 0 Å². The van der Waals surface area contributed by atoms with Crippen LogP contribution in [0.15, 0.2) is 30.3 Å². The van der Waals surface area contributed by atoms with E-state index < -0.39 is 11.6 Å². The Morgan fingerprint density at radius 3 is 2.19 bits per heavy atom. The maximum Gasteiger partial charge on any atom is 0.172 e. The summed E-state index contributed by atoms with van der Waals surface area (Å²) in [7, 11) is 0. The van der Waals surface area contributed by atoms with Crippen molar-refractivity contribution >= 4 is 12.2 Å². The largest absolute Gasteiger partial charge is 0.507 e. The number of benzene rings is 2. The van der Waals surface area contributed by atoms with Crippen molar-refractivity contribution in [3.63, 3.8) is 0 Å². The van der Waals surface area contributed by atoms with Gasteiger partial charge in [-0.25, -0.2) is 8.78 Å². The van der Waals surface area contributed by atoms with Crippen molar-refractivity contribution in [2.24, 2.45) is 0 Å². The van der Waals surface area contributed by atoms with Gasteiger partial charge in [-0.15, -0.1) is 0 Å². The Kier molecular flexibility index (Phi) is 4.26. The summed E-state index contributed by atoms with van der Waals surface area (Å²) >= 11 is 0. The van der Waals surface area contributed by atoms with Crippen molar-refractivity contribution in [3.05, 3.63) is 58.7 Å². The number of rotatable bonds is 3. The van der Waals surface area contributed by atoms with Crippen molar-refractivity contribution in [1.29, 1.82) is 0 Å². The molecule has 0 fully saturated rings. The van der Waals surface area contributed by atoms with Crippen LogP contribution in [0.25, 0.3) is 12.2 Å². The summed E-state index contributed by atoms with van der Waals surface area (Å²) in [5.41, 5.74) is 0.938. The molecule has 2 rings (SSSR count). The highest BCUT2D eigenvalue weighted by Crippen LogP contribution is 2.38. The van der Waals surface area contributed by atoms with Gasteiger partial charge in [-0.3, -0.25) is 0 Å².